The van der Waals surface area contributed by atoms with Gasteiger partial charge >= 0.3 is 0 Å². The maximum absolute atomic E-state index is 12.8. The van der Waals surface area contributed by atoms with Crippen molar-refractivity contribution < 1.29 is 4.79 Å². The number of ketones is 1. The van der Waals surface area contributed by atoms with Crippen LogP contribution in [-0.2, 0) is 11.3 Å². The monoisotopic (exact) mass is 300 g/mol. The molecule has 1 saturated carbocycles. The molecule has 2 aromatic heterocycles. The van der Waals surface area contributed by atoms with Crippen LogP contribution in [0.5, 0.6) is 0 Å². The molecule has 0 aliphatic heterocycles. The van der Waals surface area contributed by atoms with Crippen molar-refractivity contribution in [1.29, 1.82) is 0 Å². The van der Waals surface area contributed by atoms with Gasteiger partial charge in [0.05, 0.1) is 11.7 Å². The van der Waals surface area contributed by atoms with E-state index in [0.717, 1.165) is 23.9 Å². The van der Waals surface area contributed by atoms with Crippen molar-refractivity contribution in [2.75, 3.05) is 0 Å². The molecule has 1 fully saturated rings. The molecule has 0 aromatic carbocycles. The van der Waals surface area contributed by atoms with E-state index in [9.17, 15) is 4.79 Å². The number of rotatable bonds is 4. The zero-order chi connectivity index (χ0) is 15.9. The number of carbonyl (C=O) groups excluding carboxylic acids is 1. The molecule has 0 bridgehead atoms. The molecule has 0 spiro atoms. The van der Waals surface area contributed by atoms with Crippen molar-refractivity contribution in [2.45, 2.75) is 47.1 Å². The summed E-state index contributed by atoms with van der Waals surface area (Å²) in [6.45, 7) is 9.32. The van der Waals surface area contributed by atoms with Crippen molar-refractivity contribution in [2.24, 2.45) is 23.2 Å². The molecule has 2 heterocycles. The van der Waals surface area contributed by atoms with Crippen molar-refractivity contribution in [3.8, 4) is 0 Å². The normalized spacial score (nSPS) is 24.2. The second-order valence-electron chi connectivity index (χ2n) is 7.38. The van der Waals surface area contributed by atoms with Crippen LogP contribution in [0.4, 0.5) is 0 Å². The van der Waals surface area contributed by atoms with Crippen LogP contribution in [-0.4, -0.2) is 25.8 Å². The van der Waals surface area contributed by atoms with E-state index in [4.69, 9.17) is 0 Å². The number of fused-ring (bicyclic) bond motifs is 1. The van der Waals surface area contributed by atoms with Crippen LogP contribution in [0.3, 0.4) is 0 Å². The predicted octanol–water partition coefficient (Wildman–Crippen LogP) is 3.10. The van der Waals surface area contributed by atoms with E-state index >= 15 is 0 Å². The molecule has 2 unspecified atom stereocenters. The molecule has 0 radical (unpaired) electrons. The van der Waals surface area contributed by atoms with Gasteiger partial charge in [-0.15, -0.1) is 5.10 Å². The second kappa shape index (κ2) is 5.45. The van der Waals surface area contributed by atoms with Crippen molar-refractivity contribution in [3.05, 3.63) is 18.5 Å². The Kier molecular flexibility index (Phi) is 3.75. The Labute approximate surface area is 131 Å². The first kappa shape index (κ1) is 15.1. The van der Waals surface area contributed by atoms with E-state index in [1.165, 1.54) is 0 Å². The summed E-state index contributed by atoms with van der Waals surface area (Å²) in [6.07, 6.45) is 5.52. The highest BCUT2D eigenvalue weighted by molar-refractivity contribution is 5.83. The Morgan fingerprint density at radius 2 is 2.18 bits per heavy atom. The molecule has 22 heavy (non-hydrogen) atoms. The van der Waals surface area contributed by atoms with E-state index in [-0.39, 0.29) is 17.1 Å². The van der Waals surface area contributed by atoms with Crippen LogP contribution in [0.1, 0.15) is 40.5 Å². The van der Waals surface area contributed by atoms with Crippen molar-refractivity contribution >= 4 is 16.8 Å². The Bertz CT molecular complexity index is 689. The topological polar surface area (TPSA) is 60.7 Å². The van der Waals surface area contributed by atoms with Gasteiger partial charge in [0.1, 0.15) is 12.1 Å². The Hall–Kier alpha value is -1.78. The second-order valence-corrected chi connectivity index (χ2v) is 7.38. The fourth-order valence-electron chi connectivity index (χ4n) is 4.32. The first-order valence-corrected chi connectivity index (χ1v) is 8.07. The average Bonchev–Trinajstić information content (AvgIpc) is 2.99. The molecule has 3 rings (SSSR count). The zero-order valence-corrected chi connectivity index (χ0v) is 13.8. The molecule has 0 saturated heterocycles. The Balaban J connectivity index is 1.80. The van der Waals surface area contributed by atoms with Crippen molar-refractivity contribution in [3.63, 3.8) is 0 Å². The summed E-state index contributed by atoms with van der Waals surface area (Å²) in [4.78, 5) is 16.9. The lowest BCUT2D eigenvalue weighted by molar-refractivity contribution is -0.126. The smallest absolute Gasteiger partial charge is 0.157 e. The first-order valence-electron chi connectivity index (χ1n) is 8.07. The van der Waals surface area contributed by atoms with Gasteiger partial charge in [-0.2, -0.15) is 0 Å². The highest BCUT2D eigenvalue weighted by atomic mass is 16.1. The number of carbonyl (C=O) groups is 1. The molecule has 1 aliphatic carbocycles. The molecule has 0 N–H and O–H groups in total. The van der Waals surface area contributed by atoms with E-state index in [2.05, 4.69) is 43.0 Å². The van der Waals surface area contributed by atoms with Crippen LogP contribution in [0, 0.1) is 23.2 Å². The quantitative estimate of drug-likeness (QED) is 0.870. The minimum absolute atomic E-state index is 0.0587. The van der Waals surface area contributed by atoms with Crippen LogP contribution in [0.25, 0.3) is 11.0 Å². The van der Waals surface area contributed by atoms with Gasteiger partial charge in [0.15, 0.2) is 5.78 Å². The Morgan fingerprint density at radius 3 is 2.86 bits per heavy atom. The molecule has 2 atom stereocenters. The number of nitrogens with zero attached hydrogens (tertiary/aromatic N) is 4. The SMILES string of the molecule is CC(C)C1CCC(C(=O)Cn2nnc3cnccc32)C1(C)C. The minimum Gasteiger partial charge on any atom is -0.297 e. The number of hydrogen-bond donors (Lipinski definition) is 0. The molecular formula is C17H24N4O. The van der Waals surface area contributed by atoms with Gasteiger partial charge in [-0.1, -0.05) is 32.9 Å². The Morgan fingerprint density at radius 1 is 1.41 bits per heavy atom. The van der Waals surface area contributed by atoms with Crippen LogP contribution < -0.4 is 0 Å². The predicted molar refractivity (Wildman–Crippen MR) is 85.2 cm³/mol. The molecular weight excluding hydrogens is 276 g/mol. The highest BCUT2D eigenvalue weighted by Gasteiger charge is 2.47. The lowest BCUT2D eigenvalue weighted by Crippen LogP contribution is -2.34. The molecule has 5 nitrogen and oxygen atoms in total. The number of Topliss-reactive ketones (excluding diaryl/α,β-unsaturated/α-hetero) is 1. The fraction of sp³-hybridized carbons (Fsp3) is 0.647. The summed E-state index contributed by atoms with van der Waals surface area (Å²) < 4.78 is 1.71. The van der Waals surface area contributed by atoms with E-state index in [0.29, 0.717) is 18.4 Å². The van der Waals surface area contributed by atoms with E-state index in [1.807, 2.05) is 6.07 Å². The first-order chi connectivity index (χ1) is 10.4. The van der Waals surface area contributed by atoms with Gasteiger partial charge in [-0.25, -0.2) is 4.68 Å². The van der Waals surface area contributed by atoms with Gasteiger partial charge in [-0.05, 0) is 36.2 Å². The van der Waals surface area contributed by atoms with Gasteiger partial charge in [0.25, 0.3) is 0 Å². The van der Waals surface area contributed by atoms with Crippen LogP contribution in [0.15, 0.2) is 18.5 Å². The van der Waals surface area contributed by atoms with Gasteiger partial charge in [-0.3, -0.25) is 9.78 Å². The third kappa shape index (κ3) is 2.42. The van der Waals surface area contributed by atoms with Gasteiger partial charge in [0.2, 0.25) is 0 Å². The van der Waals surface area contributed by atoms with Crippen molar-refractivity contribution in [1.82, 2.24) is 20.0 Å². The third-order valence-corrected chi connectivity index (χ3v) is 5.44. The van der Waals surface area contributed by atoms with Crippen LogP contribution >= 0.6 is 0 Å². The number of aromatic nitrogens is 4. The maximum Gasteiger partial charge on any atom is 0.157 e. The molecule has 2 aromatic rings. The molecule has 118 valence electrons. The molecule has 0 amide bonds. The summed E-state index contributed by atoms with van der Waals surface area (Å²) in [6, 6.07) is 1.86. The summed E-state index contributed by atoms with van der Waals surface area (Å²) in [5.41, 5.74) is 1.67. The minimum atomic E-state index is 0.0587. The van der Waals surface area contributed by atoms with E-state index in [1.54, 1.807) is 17.1 Å². The summed E-state index contributed by atoms with van der Waals surface area (Å²) in [7, 11) is 0. The maximum atomic E-state index is 12.8. The van der Waals surface area contributed by atoms with Crippen LogP contribution in [0.2, 0.25) is 0 Å². The average molecular weight is 300 g/mol. The number of pyridine rings is 1. The lowest BCUT2D eigenvalue weighted by Gasteiger charge is -2.34. The summed E-state index contributed by atoms with van der Waals surface area (Å²) in [5, 5.41) is 8.19. The largest absolute Gasteiger partial charge is 0.297 e. The molecule has 5 heteroatoms. The zero-order valence-electron chi connectivity index (χ0n) is 13.8. The van der Waals surface area contributed by atoms with E-state index < -0.39 is 0 Å². The molecule has 1 aliphatic rings. The summed E-state index contributed by atoms with van der Waals surface area (Å²) >= 11 is 0. The highest BCUT2D eigenvalue weighted by Crippen LogP contribution is 2.50. The van der Waals surface area contributed by atoms with Gasteiger partial charge < -0.3 is 0 Å². The number of hydrogen-bond acceptors (Lipinski definition) is 4. The summed E-state index contributed by atoms with van der Waals surface area (Å²) in [5.74, 6) is 1.61. The van der Waals surface area contributed by atoms with Gasteiger partial charge in [0, 0.05) is 12.1 Å². The standard InChI is InChI=1S/C17H24N4O/c1-11(2)12-5-6-13(17(12,3)4)16(22)10-21-15-7-8-18-9-14(15)19-20-21/h7-9,11-13H,5-6,10H2,1-4H3. The lowest BCUT2D eigenvalue weighted by atomic mass is 9.70. The fourth-order valence-corrected chi connectivity index (χ4v) is 4.32. The third-order valence-electron chi connectivity index (χ3n) is 5.44.